The highest BCUT2D eigenvalue weighted by molar-refractivity contribution is 5.84. The van der Waals surface area contributed by atoms with Crippen molar-refractivity contribution >= 4 is 17.0 Å². The largest absolute Gasteiger partial charge is 0.494 e. The first-order chi connectivity index (χ1) is 15.7. The van der Waals surface area contributed by atoms with Crippen molar-refractivity contribution in [1.29, 1.82) is 0 Å². The number of hydrogen-bond acceptors (Lipinski definition) is 7. The second-order valence-corrected chi connectivity index (χ2v) is 7.13. The van der Waals surface area contributed by atoms with E-state index < -0.39 is 0 Å². The molecule has 0 aliphatic rings. The fourth-order valence-corrected chi connectivity index (χ4v) is 3.62. The maximum absolute atomic E-state index is 9.44. The van der Waals surface area contributed by atoms with Crippen LogP contribution in [0.4, 0.5) is 5.82 Å². The Kier molecular flexibility index (Phi) is 4.97. The zero-order chi connectivity index (χ0) is 22.1. The van der Waals surface area contributed by atoms with Gasteiger partial charge in [0.2, 0.25) is 0 Å². The Morgan fingerprint density at radius 3 is 2.47 bits per heavy atom. The number of anilines is 1. The Bertz CT molecular complexity index is 1410. The second kappa shape index (κ2) is 8.09. The number of aromatic nitrogens is 5. The van der Waals surface area contributed by atoms with Crippen LogP contribution in [0.15, 0.2) is 73.1 Å². The van der Waals surface area contributed by atoms with Gasteiger partial charge in [-0.15, -0.1) is 0 Å². The van der Waals surface area contributed by atoms with Crippen LogP contribution < -0.4 is 10.5 Å². The van der Waals surface area contributed by atoms with Crippen LogP contribution in [0.1, 0.15) is 5.56 Å². The molecule has 4 heterocycles. The van der Waals surface area contributed by atoms with Crippen LogP contribution in [-0.2, 0) is 6.61 Å². The van der Waals surface area contributed by atoms with Crippen LogP contribution in [-0.4, -0.2) is 36.7 Å². The summed E-state index contributed by atoms with van der Waals surface area (Å²) in [7, 11) is 1.61. The van der Waals surface area contributed by atoms with Crippen molar-refractivity contribution in [3.8, 4) is 34.2 Å². The lowest BCUT2D eigenvalue weighted by Gasteiger charge is -2.11. The number of rotatable bonds is 5. The summed E-state index contributed by atoms with van der Waals surface area (Å²) in [5.41, 5.74) is 11.2. The van der Waals surface area contributed by atoms with Gasteiger partial charge in [0.15, 0.2) is 11.5 Å². The van der Waals surface area contributed by atoms with Gasteiger partial charge in [0.25, 0.3) is 0 Å². The van der Waals surface area contributed by atoms with Crippen molar-refractivity contribution in [1.82, 2.24) is 24.5 Å². The van der Waals surface area contributed by atoms with Gasteiger partial charge in [-0.3, -0.25) is 9.55 Å². The minimum atomic E-state index is -0.0325. The Labute approximate surface area is 184 Å². The highest BCUT2D eigenvalue weighted by atomic mass is 16.5. The molecule has 0 aliphatic heterocycles. The standard InChI is InChI=1S/C24H20N6O2/c1-32-20-5-3-12-26-21(20)18-10-11-19-24(28-18)30(16-8-6-15(14-31)7-9-16)23(29-19)17-4-2-13-27-22(17)25/h2-13,31H,14H2,1H3,(H2,25,27). The molecule has 8 heteroatoms. The smallest absolute Gasteiger partial charge is 0.165 e. The second-order valence-electron chi connectivity index (χ2n) is 7.13. The third kappa shape index (κ3) is 3.32. The van der Waals surface area contributed by atoms with Crippen molar-refractivity contribution < 1.29 is 9.84 Å². The number of aliphatic hydroxyl groups is 1. The van der Waals surface area contributed by atoms with Gasteiger partial charge in [-0.05, 0) is 54.1 Å². The molecule has 0 bridgehead atoms. The molecule has 0 spiro atoms. The van der Waals surface area contributed by atoms with Gasteiger partial charge in [-0.1, -0.05) is 12.1 Å². The van der Waals surface area contributed by atoms with E-state index in [1.165, 1.54) is 0 Å². The lowest BCUT2D eigenvalue weighted by atomic mass is 10.2. The maximum Gasteiger partial charge on any atom is 0.165 e. The summed E-state index contributed by atoms with van der Waals surface area (Å²) >= 11 is 0. The third-order valence-electron chi connectivity index (χ3n) is 5.19. The van der Waals surface area contributed by atoms with Crippen LogP contribution in [0.2, 0.25) is 0 Å². The Hall–Kier alpha value is -4.30. The number of nitrogens with zero attached hydrogens (tertiary/aromatic N) is 5. The van der Waals surface area contributed by atoms with E-state index in [2.05, 4.69) is 9.97 Å². The van der Waals surface area contributed by atoms with E-state index in [-0.39, 0.29) is 6.61 Å². The molecule has 32 heavy (non-hydrogen) atoms. The van der Waals surface area contributed by atoms with Crippen LogP contribution in [0.25, 0.3) is 39.6 Å². The quantitative estimate of drug-likeness (QED) is 0.443. The summed E-state index contributed by atoms with van der Waals surface area (Å²) in [6.45, 7) is -0.0325. The normalized spacial score (nSPS) is 11.1. The van der Waals surface area contributed by atoms with Gasteiger partial charge in [0.1, 0.15) is 22.8 Å². The molecule has 1 aromatic carbocycles. The topological polar surface area (TPSA) is 112 Å². The fraction of sp³-hybridized carbons (Fsp3) is 0.0833. The number of hydrogen-bond donors (Lipinski definition) is 2. The summed E-state index contributed by atoms with van der Waals surface area (Å²) in [6.07, 6.45) is 3.35. The summed E-state index contributed by atoms with van der Waals surface area (Å²) in [5.74, 6) is 1.64. The van der Waals surface area contributed by atoms with E-state index >= 15 is 0 Å². The average molecular weight is 424 g/mol. The van der Waals surface area contributed by atoms with E-state index in [1.807, 2.05) is 65.2 Å². The minimum absolute atomic E-state index is 0.0325. The number of methoxy groups -OCH3 is 1. The van der Waals surface area contributed by atoms with Crippen molar-refractivity contribution in [2.75, 3.05) is 12.8 Å². The molecule has 0 saturated heterocycles. The van der Waals surface area contributed by atoms with Crippen LogP contribution >= 0.6 is 0 Å². The monoisotopic (exact) mass is 424 g/mol. The first kappa shape index (κ1) is 19.7. The zero-order valence-electron chi connectivity index (χ0n) is 17.3. The van der Waals surface area contributed by atoms with E-state index in [0.29, 0.717) is 45.5 Å². The van der Waals surface area contributed by atoms with E-state index in [1.54, 1.807) is 19.5 Å². The number of pyridine rings is 3. The molecule has 0 atom stereocenters. The molecule has 4 aromatic heterocycles. The van der Waals surface area contributed by atoms with Gasteiger partial charge >= 0.3 is 0 Å². The molecule has 0 radical (unpaired) electrons. The van der Waals surface area contributed by atoms with Gasteiger partial charge in [-0.25, -0.2) is 15.0 Å². The molecule has 0 saturated carbocycles. The number of imidazole rings is 1. The maximum atomic E-state index is 9.44. The van der Waals surface area contributed by atoms with Crippen molar-refractivity contribution in [3.63, 3.8) is 0 Å². The summed E-state index contributed by atoms with van der Waals surface area (Å²) in [6, 6.07) is 18.7. The molecule has 3 N–H and O–H groups in total. The van der Waals surface area contributed by atoms with Crippen molar-refractivity contribution in [2.45, 2.75) is 6.61 Å². The van der Waals surface area contributed by atoms with E-state index in [4.69, 9.17) is 20.4 Å². The van der Waals surface area contributed by atoms with Crippen LogP contribution in [0.5, 0.6) is 5.75 Å². The van der Waals surface area contributed by atoms with Crippen molar-refractivity contribution in [2.24, 2.45) is 0 Å². The minimum Gasteiger partial charge on any atom is -0.494 e. The molecular formula is C24H20N6O2. The molecule has 158 valence electrons. The summed E-state index contributed by atoms with van der Waals surface area (Å²) in [4.78, 5) is 18.4. The number of nitrogens with two attached hydrogens (primary N) is 1. The third-order valence-corrected chi connectivity index (χ3v) is 5.19. The molecule has 0 fully saturated rings. The first-order valence-electron chi connectivity index (χ1n) is 9.99. The molecule has 0 aliphatic carbocycles. The highest BCUT2D eigenvalue weighted by Gasteiger charge is 2.19. The van der Waals surface area contributed by atoms with Gasteiger partial charge < -0.3 is 15.6 Å². The van der Waals surface area contributed by atoms with Gasteiger partial charge in [0, 0.05) is 18.1 Å². The number of aliphatic hydroxyl groups excluding tert-OH is 1. The Balaban J connectivity index is 1.79. The van der Waals surface area contributed by atoms with E-state index in [9.17, 15) is 5.11 Å². The molecule has 5 rings (SSSR count). The predicted octanol–water partition coefficient (Wildman–Crippen LogP) is 3.63. The Morgan fingerprint density at radius 2 is 1.72 bits per heavy atom. The molecule has 0 unspecified atom stereocenters. The van der Waals surface area contributed by atoms with Crippen LogP contribution in [0.3, 0.4) is 0 Å². The fourth-order valence-electron chi connectivity index (χ4n) is 3.62. The van der Waals surface area contributed by atoms with Crippen molar-refractivity contribution in [3.05, 3.63) is 78.6 Å². The average Bonchev–Trinajstić information content (AvgIpc) is 3.22. The molecule has 8 nitrogen and oxygen atoms in total. The van der Waals surface area contributed by atoms with E-state index in [0.717, 1.165) is 11.3 Å². The number of benzene rings is 1. The Morgan fingerprint density at radius 1 is 0.938 bits per heavy atom. The van der Waals surface area contributed by atoms with Gasteiger partial charge in [-0.2, -0.15) is 0 Å². The van der Waals surface area contributed by atoms with Gasteiger partial charge in [0.05, 0.1) is 25.0 Å². The number of ether oxygens (including phenoxy) is 1. The molecular weight excluding hydrogens is 404 g/mol. The first-order valence-corrected chi connectivity index (χ1v) is 9.99. The van der Waals surface area contributed by atoms with Crippen LogP contribution in [0, 0.1) is 0 Å². The lowest BCUT2D eigenvalue weighted by molar-refractivity contribution is 0.282. The predicted molar refractivity (Wildman–Crippen MR) is 122 cm³/mol. The molecule has 5 aromatic rings. The number of fused-ring (bicyclic) bond motifs is 1. The summed E-state index contributed by atoms with van der Waals surface area (Å²) in [5, 5.41) is 9.44. The zero-order valence-corrected chi connectivity index (χ0v) is 17.3. The molecule has 0 amide bonds. The summed E-state index contributed by atoms with van der Waals surface area (Å²) < 4.78 is 7.40. The number of nitrogen functional groups attached to an aromatic ring is 1. The lowest BCUT2D eigenvalue weighted by Crippen LogP contribution is -2.02. The highest BCUT2D eigenvalue weighted by Crippen LogP contribution is 2.33. The SMILES string of the molecule is COc1cccnc1-c1ccc2nc(-c3cccnc3N)n(-c3ccc(CO)cc3)c2n1.